The predicted octanol–water partition coefficient (Wildman–Crippen LogP) is 2.46. The summed E-state index contributed by atoms with van der Waals surface area (Å²) in [5.74, 6) is 6.06. The molecule has 0 spiro atoms. The average Bonchev–Trinajstić information content (AvgIpc) is 2.90. The summed E-state index contributed by atoms with van der Waals surface area (Å²) in [6, 6.07) is 6.36. The van der Waals surface area contributed by atoms with Crippen molar-refractivity contribution in [2.75, 3.05) is 14.2 Å². The lowest BCUT2D eigenvalue weighted by Gasteiger charge is -2.16. The van der Waals surface area contributed by atoms with Gasteiger partial charge in [-0.1, -0.05) is 12.1 Å². The highest BCUT2D eigenvalue weighted by Crippen LogP contribution is 2.33. The van der Waals surface area contributed by atoms with Crippen LogP contribution in [0.25, 0.3) is 0 Å². The molecule has 1 heterocycles. The number of hydrazine groups is 1. The Morgan fingerprint density at radius 3 is 2.68 bits per heavy atom. The first-order valence-corrected chi connectivity index (χ1v) is 6.50. The molecule has 0 saturated carbocycles. The summed E-state index contributed by atoms with van der Waals surface area (Å²) >= 11 is 1.45. The number of hydrogen-bond acceptors (Lipinski definition) is 5. The quantitative estimate of drug-likeness (QED) is 0.653. The zero-order valence-electron chi connectivity index (χ0n) is 10.6. The van der Waals surface area contributed by atoms with E-state index in [1.165, 1.54) is 18.4 Å². The molecule has 3 N–H and O–H groups in total. The Bertz CT molecular complexity index is 559. The van der Waals surface area contributed by atoms with Crippen LogP contribution in [-0.2, 0) is 0 Å². The lowest BCUT2D eigenvalue weighted by atomic mass is 10.0. The van der Waals surface area contributed by atoms with Crippen molar-refractivity contribution in [3.8, 4) is 11.5 Å². The van der Waals surface area contributed by atoms with Crippen molar-refractivity contribution in [3.63, 3.8) is 0 Å². The van der Waals surface area contributed by atoms with Crippen LogP contribution in [0.1, 0.15) is 16.5 Å². The number of methoxy groups -OCH3 is 2. The first kappa shape index (κ1) is 13.8. The number of rotatable bonds is 5. The summed E-state index contributed by atoms with van der Waals surface area (Å²) < 4.78 is 24.3. The van der Waals surface area contributed by atoms with Crippen molar-refractivity contribution in [1.29, 1.82) is 0 Å². The third-order valence-corrected chi connectivity index (χ3v) is 3.78. The van der Waals surface area contributed by atoms with E-state index in [-0.39, 0.29) is 5.75 Å². The fourth-order valence-corrected chi connectivity index (χ4v) is 2.76. The van der Waals surface area contributed by atoms with Crippen LogP contribution in [0.15, 0.2) is 29.6 Å². The van der Waals surface area contributed by atoms with E-state index in [2.05, 4.69) is 5.43 Å². The summed E-state index contributed by atoms with van der Waals surface area (Å²) in [5.41, 5.74) is 3.06. The molecule has 0 aliphatic carbocycles. The van der Waals surface area contributed by atoms with E-state index in [0.717, 1.165) is 10.6 Å². The van der Waals surface area contributed by atoms with E-state index in [9.17, 15) is 4.39 Å². The Morgan fingerprint density at radius 2 is 2.11 bits per heavy atom. The number of nitrogens with two attached hydrogens (primary N) is 1. The van der Waals surface area contributed by atoms with E-state index in [1.807, 2.05) is 11.4 Å². The molecule has 2 rings (SSSR count). The molecule has 2 aromatic rings. The summed E-state index contributed by atoms with van der Waals surface area (Å²) in [4.78, 5) is 0.867. The second-order valence-electron chi connectivity index (χ2n) is 3.85. The molecular weight excluding hydrogens is 267 g/mol. The molecule has 1 aromatic heterocycles. The standard InChI is InChI=1S/C13H15FN2O2S/c1-17-8-6-11(19-7-8)13(16-15)9-4-3-5-10(18-2)12(9)14/h3-7,13,16H,15H2,1-2H3. The van der Waals surface area contributed by atoms with Crippen LogP contribution in [-0.4, -0.2) is 14.2 Å². The van der Waals surface area contributed by atoms with E-state index in [4.69, 9.17) is 15.3 Å². The van der Waals surface area contributed by atoms with Gasteiger partial charge in [0.25, 0.3) is 0 Å². The Morgan fingerprint density at radius 1 is 1.32 bits per heavy atom. The number of ether oxygens (including phenoxy) is 2. The minimum absolute atomic E-state index is 0.196. The molecule has 0 aliphatic heterocycles. The molecular formula is C13H15FN2O2S. The highest BCUT2D eigenvalue weighted by Gasteiger charge is 2.20. The maximum atomic E-state index is 14.2. The molecule has 1 atom stereocenters. The third-order valence-electron chi connectivity index (χ3n) is 2.81. The minimum Gasteiger partial charge on any atom is -0.496 e. The van der Waals surface area contributed by atoms with Gasteiger partial charge in [-0.3, -0.25) is 5.84 Å². The van der Waals surface area contributed by atoms with Gasteiger partial charge in [0.2, 0.25) is 0 Å². The molecule has 0 bridgehead atoms. The predicted molar refractivity (Wildman–Crippen MR) is 73.0 cm³/mol. The van der Waals surface area contributed by atoms with Crippen LogP contribution in [0.3, 0.4) is 0 Å². The van der Waals surface area contributed by atoms with Crippen molar-refractivity contribution >= 4 is 11.3 Å². The second-order valence-corrected chi connectivity index (χ2v) is 4.79. The number of halogens is 1. The first-order valence-electron chi connectivity index (χ1n) is 5.62. The molecule has 6 heteroatoms. The van der Waals surface area contributed by atoms with Gasteiger partial charge in [-0.15, -0.1) is 11.3 Å². The van der Waals surface area contributed by atoms with Crippen LogP contribution < -0.4 is 20.7 Å². The largest absolute Gasteiger partial charge is 0.496 e. The second kappa shape index (κ2) is 6.01. The van der Waals surface area contributed by atoms with Gasteiger partial charge in [0.15, 0.2) is 11.6 Å². The summed E-state index contributed by atoms with van der Waals surface area (Å²) in [5, 5.41) is 1.84. The first-order chi connectivity index (χ1) is 9.21. The van der Waals surface area contributed by atoms with E-state index < -0.39 is 11.9 Å². The number of benzene rings is 1. The molecule has 1 aromatic carbocycles. The minimum atomic E-state index is -0.441. The molecule has 0 saturated heterocycles. The van der Waals surface area contributed by atoms with Crippen LogP contribution in [0, 0.1) is 5.82 Å². The molecule has 1 unspecified atom stereocenters. The van der Waals surface area contributed by atoms with Crippen LogP contribution in [0.2, 0.25) is 0 Å². The zero-order chi connectivity index (χ0) is 13.8. The number of hydrogen-bond donors (Lipinski definition) is 2. The molecule has 0 radical (unpaired) electrons. The number of thiophene rings is 1. The highest BCUT2D eigenvalue weighted by atomic mass is 32.1. The maximum absolute atomic E-state index is 14.2. The molecule has 0 amide bonds. The zero-order valence-corrected chi connectivity index (χ0v) is 11.5. The topological polar surface area (TPSA) is 56.5 Å². The van der Waals surface area contributed by atoms with Crippen LogP contribution in [0.5, 0.6) is 11.5 Å². The smallest absolute Gasteiger partial charge is 0.170 e. The maximum Gasteiger partial charge on any atom is 0.170 e. The van der Waals surface area contributed by atoms with Gasteiger partial charge < -0.3 is 9.47 Å². The highest BCUT2D eigenvalue weighted by molar-refractivity contribution is 7.10. The van der Waals surface area contributed by atoms with E-state index in [0.29, 0.717) is 5.56 Å². The van der Waals surface area contributed by atoms with Crippen molar-refractivity contribution in [1.82, 2.24) is 5.43 Å². The van der Waals surface area contributed by atoms with E-state index >= 15 is 0 Å². The lowest BCUT2D eigenvalue weighted by Crippen LogP contribution is -2.29. The fourth-order valence-electron chi connectivity index (χ4n) is 1.83. The Labute approximate surface area is 114 Å². The Balaban J connectivity index is 2.42. The van der Waals surface area contributed by atoms with Crippen molar-refractivity contribution < 1.29 is 13.9 Å². The average molecular weight is 282 g/mol. The molecule has 4 nitrogen and oxygen atoms in total. The van der Waals surface area contributed by atoms with Gasteiger partial charge >= 0.3 is 0 Å². The van der Waals surface area contributed by atoms with Crippen LogP contribution in [0.4, 0.5) is 4.39 Å². The van der Waals surface area contributed by atoms with Gasteiger partial charge in [-0.2, -0.15) is 0 Å². The van der Waals surface area contributed by atoms with E-state index in [1.54, 1.807) is 25.3 Å². The molecule has 102 valence electrons. The fraction of sp³-hybridized carbons (Fsp3) is 0.231. The third kappa shape index (κ3) is 2.70. The normalized spacial score (nSPS) is 12.2. The Hall–Kier alpha value is -1.63. The van der Waals surface area contributed by atoms with Gasteiger partial charge in [0.1, 0.15) is 5.75 Å². The van der Waals surface area contributed by atoms with Gasteiger partial charge in [0.05, 0.1) is 20.3 Å². The number of nitrogens with one attached hydrogen (secondary N) is 1. The molecule has 19 heavy (non-hydrogen) atoms. The van der Waals surface area contributed by atoms with Gasteiger partial charge in [-0.25, -0.2) is 9.82 Å². The molecule has 0 aliphatic rings. The van der Waals surface area contributed by atoms with Crippen molar-refractivity contribution in [2.45, 2.75) is 6.04 Å². The monoisotopic (exact) mass is 282 g/mol. The molecule has 0 fully saturated rings. The summed E-state index contributed by atoms with van der Waals surface area (Å²) in [7, 11) is 3.02. The lowest BCUT2D eigenvalue weighted by molar-refractivity contribution is 0.382. The van der Waals surface area contributed by atoms with Gasteiger partial charge in [0, 0.05) is 15.8 Å². The van der Waals surface area contributed by atoms with Crippen molar-refractivity contribution in [2.24, 2.45) is 5.84 Å². The van der Waals surface area contributed by atoms with Gasteiger partial charge in [-0.05, 0) is 12.1 Å². The Kier molecular flexibility index (Phi) is 4.36. The summed E-state index contributed by atoms with van der Waals surface area (Å²) in [6.45, 7) is 0. The summed E-state index contributed by atoms with van der Waals surface area (Å²) in [6.07, 6.45) is 0. The van der Waals surface area contributed by atoms with Crippen LogP contribution >= 0.6 is 11.3 Å². The SMILES string of the molecule is COc1csc(C(NN)c2cccc(OC)c2F)c1. The van der Waals surface area contributed by atoms with Crippen molar-refractivity contribution in [3.05, 3.63) is 45.9 Å².